The van der Waals surface area contributed by atoms with Crippen LogP contribution in [0.4, 0.5) is 0 Å². The first kappa shape index (κ1) is 9.02. The summed E-state index contributed by atoms with van der Waals surface area (Å²) in [4.78, 5) is 0. The van der Waals surface area contributed by atoms with E-state index in [1.165, 1.54) is 6.42 Å². The third-order valence-electron chi connectivity index (χ3n) is 4.20. The highest BCUT2D eigenvalue weighted by Gasteiger charge is 2.57. The van der Waals surface area contributed by atoms with Gasteiger partial charge in [0.05, 0.1) is 17.6 Å². The van der Waals surface area contributed by atoms with E-state index < -0.39 is 5.60 Å². The Hall–Kier alpha value is -0.550. The molecule has 0 aromatic heterocycles. The molecule has 1 N–H and O–H groups in total. The monoisotopic (exact) mass is 179 g/mol. The molecule has 0 saturated heterocycles. The fraction of sp³-hybridized carbons (Fsp3) is 0.909. The van der Waals surface area contributed by atoms with E-state index in [2.05, 4.69) is 19.9 Å². The summed E-state index contributed by atoms with van der Waals surface area (Å²) in [6.45, 7) is 4.29. The number of fused-ring (bicyclic) bond motifs is 2. The lowest BCUT2D eigenvalue weighted by molar-refractivity contribution is -0.0565. The lowest BCUT2D eigenvalue weighted by atomic mass is 9.70. The Kier molecular flexibility index (Phi) is 1.72. The molecule has 72 valence electrons. The van der Waals surface area contributed by atoms with E-state index in [4.69, 9.17) is 5.26 Å². The van der Waals surface area contributed by atoms with Crippen molar-refractivity contribution in [3.05, 3.63) is 0 Å². The van der Waals surface area contributed by atoms with Crippen LogP contribution in [0.15, 0.2) is 0 Å². The summed E-state index contributed by atoms with van der Waals surface area (Å²) in [5, 5.41) is 19.4. The first-order valence-electron chi connectivity index (χ1n) is 5.12. The van der Waals surface area contributed by atoms with Gasteiger partial charge in [-0.05, 0) is 37.0 Å². The predicted molar refractivity (Wildman–Crippen MR) is 49.8 cm³/mol. The molecule has 0 radical (unpaired) electrons. The Labute approximate surface area is 79.6 Å². The van der Waals surface area contributed by atoms with Crippen molar-refractivity contribution in [3.8, 4) is 6.07 Å². The van der Waals surface area contributed by atoms with Gasteiger partial charge >= 0.3 is 0 Å². The Morgan fingerprint density at radius 3 is 2.85 bits per heavy atom. The summed E-state index contributed by atoms with van der Waals surface area (Å²) in [5.74, 6) is 0.169. The van der Waals surface area contributed by atoms with E-state index >= 15 is 0 Å². The van der Waals surface area contributed by atoms with Crippen molar-refractivity contribution in [3.63, 3.8) is 0 Å². The number of rotatable bonds is 0. The zero-order valence-electron chi connectivity index (χ0n) is 8.38. The molecule has 2 rings (SSSR count). The third-order valence-corrected chi connectivity index (χ3v) is 4.20. The summed E-state index contributed by atoms with van der Waals surface area (Å²) >= 11 is 0. The molecule has 0 heterocycles. The Morgan fingerprint density at radius 2 is 2.23 bits per heavy atom. The highest BCUT2D eigenvalue weighted by molar-refractivity contribution is 5.13. The first-order chi connectivity index (χ1) is 6.00. The van der Waals surface area contributed by atoms with Crippen LogP contribution < -0.4 is 0 Å². The van der Waals surface area contributed by atoms with Crippen molar-refractivity contribution in [1.82, 2.24) is 0 Å². The second-order valence-corrected chi connectivity index (χ2v) is 5.30. The topological polar surface area (TPSA) is 44.0 Å². The van der Waals surface area contributed by atoms with Crippen molar-refractivity contribution < 1.29 is 5.11 Å². The van der Waals surface area contributed by atoms with Crippen LogP contribution in [0.3, 0.4) is 0 Å². The van der Waals surface area contributed by atoms with Crippen molar-refractivity contribution in [2.24, 2.45) is 17.3 Å². The number of nitrogens with zero attached hydrogens (tertiary/aromatic N) is 1. The molecule has 0 aliphatic heterocycles. The van der Waals surface area contributed by atoms with Gasteiger partial charge in [0.2, 0.25) is 0 Å². The van der Waals surface area contributed by atoms with Crippen LogP contribution in [0.25, 0.3) is 0 Å². The van der Waals surface area contributed by atoms with Crippen molar-refractivity contribution in [1.29, 1.82) is 5.26 Å². The second kappa shape index (κ2) is 2.48. The summed E-state index contributed by atoms with van der Waals surface area (Å²) in [6.07, 6.45) is 3.98. The molecule has 0 spiro atoms. The molecule has 2 fully saturated rings. The molecule has 2 aliphatic rings. The van der Waals surface area contributed by atoms with Crippen LogP contribution in [0.5, 0.6) is 0 Å². The van der Waals surface area contributed by atoms with Gasteiger partial charge in [-0.25, -0.2) is 0 Å². The maximum absolute atomic E-state index is 10.4. The highest BCUT2D eigenvalue weighted by atomic mass is 16.3. The molecule has 13 heavy (non-hydrogen) atoms. The van der Waals surface area contributed by atoms with Crippen LogP contribution in [-0.4, -0.2) is 10.7 Å². The molecular formula is C11H17NO. The average molecular weight is 179 g/mol. The first-order valence-corrected chi connectivity index (χ1v) is 5.12. The highest BCUT2D eigenvalue weighted by Crippen LogP contribution is 2.58. The number of hydrogen-bond acceptors (Lipinski definition) is 2. The smallest absolute Gasteiger partial charge is 0.0836 e. The van der Waals surface area contributed by atoms with E-state index in [0.29, 0.717) is 5.92 Å². The van der Waals surface area contributed by atoms with Gasteiger partial charge in [-0.15, -0.1) is 0 Å². The Balaban J connectivity index is 2.35. The summed E-state index contributed by atoms with van der Waals surface area (Å²) in [6, 6.07) is 2.28. The number of nitriles is 1. The van der Waals surface area contributed by atoms with E-state index in [1.54, 1.807) is 0 Å². The molecule has 2 bridgehead atoms. The van der Waals surface area contributed by atoms with Crippen LogP contribution in [0, 0.1) is 28.6 Å². The van der Waals surface area contributed by atoms with Gasteiger partial charge in [0, 0.05) is 0 Å². The maximum atomic E-state index is 10.4. The average Bonchev–Trinajstić information content (AvgIpc) is 2.30. The summed E-state index contributed by atoms with van der Waals surface area (Å²) in [5.41, 5.74) is -0.441. The molecule has 2 heteroatoms. The minimum absolute atomic E-state index is 0.130. The molecule has 0 aromatic rings. The molecule has 0 aromatic carbocycles. The predicted octanol–water partition coefficient (Wildman–Crippen LogP) is 2.09. The van der Waals surface area contributed by atoms with E-state index in [-0.39, 0.29) is 11.3 Å². The van der Waals surface area contributed by atoms with Crippen LogP contribution in [0.2, 0.25) is 0 Å². The minimum atomic E-state index is -0.679. The van der Waals surface area contributed by atoms with Crippen molar-refractivity contribution in [2.75, 3.05) is 0 Å². The van der Waals surface area contributed by atoms with Gasteiger partial charge in [-0.1, -0.05) is 13.8 Å². The van der Waals surface area contributed by atoms with Crippen LogP contribution in [0.1, 0.15) is 39.5 Å². The van der Waals surface area contributed by atoms with Gasteiger partial charge in [0.15, 0.2) is 0 Å². The van der Waals surface area contributed by atoms with E-state index in [9.17, 15) is 5.11 Å². The standard InChI is InChI=1S/C11H17NO/c1-8-3-4-10(2)5-9(6-12)11(8,13)7-10/h8-9,13H,3-5,7H2,1-2H3/t8-,9+,10-,11+/m0/s1. The molecule has 2 aliphatic carbocycles. The van der Waals surface area contributed by atoms with Crippen LogP contribution in [-0.2, 0) is 0 Å². The van der Waals surface area contributed by atoms with Crippen molar-refractivity contribution >= 4 is 0 Å². The normalized spacial score (nSPS) is 54.6. The summed E-state index contributed by atoms with van der Waals surface area (Å²) < 4.78 is 0. The van der Waals surface area contributed by atoms with Gasteiger partial charge in [0.1, 0.15) is 0 Å². The number of aliphatic hydroxyl groups is 1. The lowest BCUT2D eigenvalue weighted by Gasteiger charge is -2.39. The molecule has 2 nitrogen and oxygen atoms in total. The second-order valence-electron chi connectivity index (χ2n) is 5.30. The molecular weight excluding hydrogens is 162 g/mol. The quantitative estimate of drug-likeness (QED) is 0.618. The Bertz CT molecular complexity index is 270. The SMILES string of the molecule is C[C@H]1CC[C@@]2(C)C[C@H](C#N)[C@@]1(O)C2. The fourth-order valence-corrected chi connectivity index (χ4v) is 3.23. The zero-order chi connectivity index (χ0) is 9.69. The largest absolute Gasteiger partial charge is 0.388 e. The van der Waals surface area contributed by atoms with Gasteiger partial charge in [-0.3, -0.25) is 0 Å². The minimum Gasteiger partial charge on any atom is -0.388 e. The molecule has 4 atom stereocenters. The zero-order valence-corrected chi connectivity index (χ0v) is 8.38. The van der Waals surface area contributed by atoms with Crippen molar-refractivity contribution in [2.45, 2.75) is 45.1 Å². The van der Waals surface area contributed by atoms with Gasteiger partial charge < -0.3 is 5.11 Å². The molecule has 0 amide bonds. The van der Waals surface area contributed by atoms with Gasteiger partial charge in [0.25, 0.3) is 0 Å². The summed E-state index contributed by atoms with van der Waals surface area (Å²) in [7, 11) is 0. The fourth-order valence-electron chi connectivity index (χ4n) is 3.23. The number of hydrogen-bond donors (Lipinski definition) is 1. The van der Waals surface area contributed by atoms with E-state index in [1.807, 2.05) is 0 Å². The molecule has 2 saturated carbocycles. The molecule has 0 unspecified atom stereocenters. The lowest BCUT2D eigenvalue weighted by Crippen LogP contribution is -2.42. The maximum Gasteiger partial charge on any atom is 0.0836 e. The van der Waals surface area contributed by atoms with Crippen LogP contribution >= 0.6 is 0 Å². The Morgan fingerprint density at radius 1 is 1.54 bits per heavy atom. The van der Waals surface area contributed by atoms with E-state index in [0.717, 1.165) is 19.3 Å². The third kappa shape index (κ3) is 1.10. The van der Waals surface area contributed by atoms with Gasteiger partial charge in [-0.2, -0.15) is 5.26 Å².